The van der Waals surface area contributed by atoms with Crippen LogP contribution < -0.4 is 10.6 Å². The minimum absolute atomic E-state index is 0.0659. The summed E-state index contributed by atoms with van der Waals surface area (Å²) in [7, 11) is 0. The van der Waals surface area contributed by atoms with Gasteiger partial charge in [0, 0.05) is 17.1 Å². The monoisotopic (exact) mass is 429 g/mol. The Morgan fingerprint density at radius 1 is 1.17 bits per heavy atom. The van der Waals surface area contributed by atoms with Crippen molar-refractivity contribution in [2.45, 2.75) is 26.1 Å². The number of aromatic amines is 1. The predicted octanol–water partition coefficient (Wildman–Crippen LogP) is 3.08. The number of hydrogen-bond donors (Lipinski definition) is 3. The highest BCUT2D eigenvalue weighted by atomic mass is 35.5. The highest BCUT2D eigenvalue weighted by Crippen LogP contribution is 2.19. The Bertz CT molecular complexity index is 1050. The van der Waals surface area contributed by atoms with E-state index < -0.39 is 6.04 Å². The first-order valence-electron chi connectivity index (χ1n) is 8.96. The lowest BCUT2D eigenvalue weighted by atomic mass is 10.2. The van der Waals surface area contributed by atoms with Crippen LogP contribution in [0.1, 0.15) is 12.5 Å². The molecule has 0 aliphatic heterocycles. The average Bonchev–Trinajstić information content (AvgIpc) is 3.07. The zero-order chi connectivity index (χ0) is 20.8. The molecule has 0 aliphatic carbocycles. The van der Waals surface area contributed by atoms with E-state index in [1.165, 1.54) is 0 Å². The van der Waals surface area contributed by atoms with Crippen LogP contribution in [0.25, 0.3) is 11.4 Å². The second-order valence-corrected chi connectivity index (χ2v) is 7.26. The molecule has 3 rings (SSSR count). The third-order valence-electron chi connectivity index (χ3n) is 4.24. The lowest BCUT2D eigenvalue weighted by molar-refractivity contribution is -0.129. The molecule has 0 aliphatic rings. The van der Waals surface area contributed by atoms with Crippen molar-refractivity contribution in [3.05, 3.63) is 70.0 Å². The molecule has 1 atom stereocenters. The molecule has 0 saturated carbocycles. The van der Waals surface area contributed by atoms with Crippen molar-refractivity contribution >= 4 is 35.6 Å². The van der Waals surface area contributed by atoms with E-state index >= 15 is 0 Å². The van der Waals surface area contributed by atoms with E-state index in [4.69, 9.17) is 23.8 Å². The van der Waals surface area contributed by atoms with Gasteiger partial charge in [-0.3, -0.25) is 19.3 Å². The number of nitrogens with zero attached hydrogens (tertiary/aromatic N) is 2. The van der Waals surface area contributed by atoms with Crippen LogP contribution in [0.4, 0.5) is 0 Å². The van der Waals surface area contributed by atoms with Gasteiger partial charge in [-0.05, 0) is 49.0 Å². The number of carbonyl (C=O) groups is 2. The molecule has 29 heavy (non-hydrogen) atoms. The van der Waals surface area contributed by atoms with Gasteiger partial charge in [-0.2, -0.15) is 5.10 Å². The van der Waals surface area contributed by atoms with Gasteiger partial charge in [0.2, 0.25) is 11.8 Å². The van der Waals surface area contributed by atoms with Gasteiger partial charge in [-0.25, -0.2) is 0 Å². The highest BCUT2D eigenvalue weighted by molar-refractivity contribution is 7.71. The van der Waals surface area contributed by atoms with Crippen molar-refractivity contribution in [2.75, 3.05) is 0 Å². The Labute approximate surface area is 178 Å². The van der Waals surface area contributed by atoms with Gasteiger partial charge in [0.05, 0.1) is 0 Å². The van der Waals surface area contributed by atoms with Gasteiger partial charge in [0.1, 0.15) is 12.6 Å². The number of rotatable bonds is 7. The van der Waals surface area contributed by atoms with Crippen molar-refractivity contribution in [3.63, 3.8) is 0 Å². The molecule has 0 spiro atoms. The second kappa shape index (κ2) is 9.49. The summed E-state index contributed by atoms with van der Waals surface area (Å²) in [4.78, 5) is 24.7. The smallest absolute Gasteiger partial charge is 0.242 e. The molecule has 1 unspecified atom stereocenters. The number of nitrogens with one attached hydrogen (secondary N) is 3. The first kappa shape index (κ1) is 20.8. The summed E-state index contributed by atoms with van der Waals surface area (Å²) in [6, 6.07) is 15.9. The molecule has 3 N–H and O–H groups in total. The van der Waals surface area contributed by atoms with Gasteiger partial charge in [0.25, 0.3) is 0 Å². The van der Waals surface area contributed by atoms with Crippen LogP contribution in [0, 0.1) is 4.77 Å². The number of H-pyrrole nitrogens is 1. The van der Waals surface area contributed by atoms with E-state index in [-0.39, 0.29) is 18.4 Å². The number of carbonyl (C=O) groups excluding carboxylic acids is 2. The molecule has 0 bridgehead atoms. The number of halogens is 1. The van der Waals surface area contributed by atoms with E-state index in [9.17, 15) is 9.59 Å². The Kier molecular flexibility index (Phi) is 6.79. The van der Waals surface area contributed by atoms with Crippen LogP contribution in [0.5, 0.6) is 0 Å². The summed E-state index contributed by atoms with van der Waals surface area (Å²) in [6.45, 7) is 1.96. The molecule has 1 aromatic heterocycles. The van der Waals surface area contributed by atoms with Gasteiger partial charge in [-0.15, -0.1) is 0 Å². The molecule has 150 valence electrons. The van der Waals surface area contributed by atoms with Gasteiger partial charge < -0.3 is 10.6 Å². The zero-order valence-corrected chi connectivity index (χ0v) is 17.3. The molecular weight excluding hydrogens is 410 g/mol. The van der Waals surface area contributed by atoms with E-state index in [0.29, 0.717) is 22.2 Å². The summed E-state index contributed by atoms with van der Waals surface area (Å²) >= 11 is 11.2. The Balaban J connectivity index is 1.60. The number of benzene rings is 2. The Morgan fingerprint density at radius 3 is 2.55 bits per heavy atom. The molecule has 2 aromatic carbocycles. The van der Waals surface area contributed by atoms with E-state index in [1.54, 1.807) is 35.8 Å². The third-order valence-corrected chi connectivity index (χ3v) is 4.81. The fourth-order valence-electron chi connectivity index (χ4n) is 2.72. The first-order chi connectivity index (χ1) is 13.9. The maximum Gasteiger partial charge on any atom is 0.242 e. The Hall–Kier alpha value is -2.97. The fourth-order valence-corrected chi connectivity index (χ4v) is 3.04. The lowest BCUT2D eigenvalue weighted by Gasteiger charge is -2.15. The van der Waals surface area contributed by atoms with E-state index in [2.05, 4.69) is 20.8 Å². The van der Waals surface area contributed by atoms with Crippen molar-refractivity contribution in [2.24, 2.45) is 0 Å². The fraction of sp³-hybridized carbons (Fsp3) is 0.200. The normalized spacial score (nSPS) is 11.7. The largest absolute Gasteiger partial charge is 0.350 e. The lowest BCUT2D eigenvalue weighted by Crippen LogP contribution is -2.45. The average molecular weight is 430 g/mol. The summed E-state index contributed by atoms with van der Waals surface area (Å²) in [5.41, 5.74) is 1.75. The number of hydrogen-bond acceptors (Lipinski definition) is 4. The van der Waals surface area contributed by atoms with Crippen molar-refractivity contribution in [1.82, 2.24) is 25.4 Å². The van der Waals surface area contributed by atoms with Gasteiger partial charge in [-0.1, -0.05) is 41.9 Å². The van der Waals surface area contributed by atoms with Crippen molar-refractivity contribution in [1.29, 1.82) is 0 Å². The standard InChI is InChI=1S/C20H20ClN5O2S/c1-13(19(28)22-11-14-5-3-2-4-6-14)23-17(27)12-26-18(24-25-20(26)29)15-7-9-16(21)10-8-15/h2-10,13H,11-12H2,1H3,(H,22,28)(H,23,27)(H,25,29). The Morgan fingerprint density at radius 2 is 1.86 bits per heavy atom. The predicted molar refractivity (Wildman–Crippen MR) is 114 cm³/mol. The molecule has 7 nitrogen and oxygen atoms in total. The first-order valence-corrected chi connectivity index (χ1v) is 9.75. The van der Waals surface area contributed by atoms with Crippen molar-refractivity contribution < 1.29 is 9.59 Å². The topological polar surface area (TPSA) is 91.8 Å². The molecule has 2 amide bonds. The molecule has 0 radical (unpaired) electrons. The van der Waals surface area contributed by atoms with Gasteiger partial charge in [0.15, 0.2) is 10.6 Å². The molecular formula is C20H20ClN5O2S. The number of amides is 2. The molecule has 1 heterocycles. The molecule has 3 aromatic rings. The molecule has 0 fully saturated rings. The maximum absolute atomic E-state index is 12.5. The SMILES string of the molecule is CC(NC(=O)Cn1c(-c2ccc(Cl)cc2)n[nH]c1=S)C(=O)NCc1ccccc1. The third kappa shape index (κ3) is 5.52. The van der Waals surface area contributed by atoms with Crippen molar-refractivity contribution in [3.8, 4) is 11.4 Å². The minimum atomic E-state index is -0.689. The van der Waals surface area contributed by atoms with Crippen LogP contribution in [0.15, 0.2) is 54.6 Å². The number of aromatic nitrogens is 3. The van der Waals surface area contributed by atoms with Gasteiger partial charge >= 0.3 is 0 Å². The second-order valence-electron chi connectivity index (χ2n) is 6.44. The molecule has 9 heteroatoms. The summed E-state index contributed by atoms with van der Waals surface area (Å²) < 4.78 is 1.88. The maximum atomic E-state index is 12.5. The summed E-state index contributed by atoms with van der Waals surface area (Å²) in [5.74, 6) is -0.0982. The van der Waals surface area contributed by atoms with Crippen LogP contribution in [-0.4, -0.2) is 32.6 Å². The highest BCUT2D eigenvalue weighted by Gasteiger charge is 2.18. The summed E-state index contributed by atoms with van der Waals surface area (Å²) in [5, 5.41) is 13.0. The zero-order valence-electron chi connectivity index (χ0n) is 15.7. The van der Waals surface area contributed by atoms with Crippen LogP contribution in [0.2, 0.25) is 5.02 Å². The molecule has 0 saturated heterocycles. The van der Waals surface area contributed by atoms with E-state index in [1.807, 2.05) is 30.3 Å². The van der Waals surface area contributed by atoms with E-state index in [0.717, 1.165) is 11.1 Å². The quantitative estimate of drug-likeness (QED) is 0.503. The summed E-state index contributed by atoms with van der Waals surface area (Å²) in [6.07, 6.45) is 0. The van der Waals surface area contributed by atoms with Crippen LogP contribution >= 0.6 is 23.8 Å². The minimum Gasteiger partial charge on any atom is -0.350 e. The van der Waals surface area contributed by atoms with Crippen LogP contribution in [0.3, 0.4) is 0 Å². The van der Waals surface area contributed by atoms with Crippen LogP contribution in [-0.2, 0) is 22.7 Å².